The van der Waals surface area contributed by atoms with Crippen LogP contribution >= 0.6 is 0 Å². The number of terminal acetylenes is 1. The number of nitrogens with zero attached hydrogens (tertiary/aromatic N) is 6. The molecule has 0 aliphatic carbocycles. The summed E-state index contributed by atoms with van der Waals surface area (Å²) < 4.78 is 49.6. The van der Waals surface area contributed by atoms with Crippen molar-refractivity contribution in [3.63, 3.8) is 0 Å². The second-order valence-electron chi connectivity index (χ2n) is 14.8. The van der Waals surface area contributed by atoms with Gasteiger partial charge in [0, 0.05) is 48.7 Å². The van der Waals surface area contributed by atoms with E-state index in [2.05, 4.69) is 20.6 Å². The number of pyridine rings is 1. The van der Waals surface area contributed by atoms with E-state index in [4.69, 9.17) is 40.7 Å². The van der Waals surface area contributed by atoms with Gasteiger partial charge in [-0.05, 0) is 81.6 Å². The Morgan fingerprint density at radius 1 is 0.982 bits per heavy atom. The van der Waals surface area contributed by atoms with Crippen molar-refractivity contribution < 1.29 is 22.4 Å². The standard InChI is InChI=1S/C40H41F2N7O4.2C2H6/c1-3-26-28(41)11-10-23-18-24(43)19-27(32(23)26)35-34(42)36-33-29(44-35)9-5-8-25-20-47(21-31-30(4-2)52-39(50)53-31)16-17-49(25)37(33)46-38(45-36)51-22-40-12-6-14-48(40)15-7-13-40;2*1-2/h1,10-11,18-19,25H,4-9,12-17,20-22,43H2,2H3;2*1-2H3. The fourth-order valence-corrected chi connectivity index (χ4v) is 9.31. The Bertz CT molecular complexity index is 2360. The minimum absolute atomic E-state index is 0.00845. The molecular weight excluding hydrogens is 729 g/mol. The summed E-state index contributed by atoms with van der Waals surface area (Å²) in [5.74, 6) is 2.23. The zero-order chi connectivity index (χ0) is 40.4. The first-order valence-electron chi connectivity index (χ1n) is 20.6. The van der Waals surface area contributed by atoms with Crippen molar-refractivity contribution in [2.45, 2.75) is 104 Å². The Balaban J connectivity index is 0.00000120. The molecule has 11 nitrogen and oxygen atoms in total. The van der Waals surface area contributed by atoms with Gasteiger partial charge >= 0.3 is 11.8 Å². The zero-order valence-corrected chi connectivity index (χ0v) is 33.7. The first-order valence-corrected chi connectivity index (χ1v) is 20.6. The van der Waals surface area contributed by atoms with Crippen molar-refractivity contribution in [1.29, 1.82) is 0 Å². The third-order valence-corrected chi connectivity index (χ3v) is 11.8. The molecular formula is C44H53F2N7O4. The Kier molecular flexibility index (Phi) is 11.8. The summed E-state index contributed by atoms with van der Waals surface area (Å²) in [6.07, 6.45) is 12.8. The van der Waals surface area contributed by atoms with Gasteiger partial charge < -0.3 is 24.2 Å². The molecule has 0 bridgehead atoms. The number of fused-ring (bicyclic) bond motifs is 4. The largest absolute Gasteiger partial charge is 0.519 e. The molecule has 0 saturated carbocycles. The normalized spacial score (nSPS) is 18.8. The van der Waals surface area contributed by atoms with Crippen molar-refractivity contribution in [3.8, 4) is 29.6 Å². The van der Waals surface area contributed by atoms with E-state index in [1.807, 2.05) is 34.6 Å². The molecule has 3 fully saturated rings. The van der Waals surface area contributed by atoms with Gasteiger partial charge in [0.05, 0.1) is 28.7 Å². The molecule has 0 amide bonds. The molecule has 4 aliphatic heterocycles. The minimum atomic E-state index is -0.687. The van der Waals surface area contributed by atoms with Gasteiger partial charge in [0.2, 0.25) is 0 Å². The van der Waals surface area contributed by atoms with Gasteiger partial charge in [0.1, 0.15) is 29.5 Å². The van der Waals surface area contributed by atoms with Gasteiger partial charge in [-0.15, -0.1) is 6.42 Å². The number of hydrogen-bond acceptors (Lipinski definition) is 11. The van der Waals surface area contributed by atoms with Crippen LogP contribution in [0.2, 0.25) is 0 Å². The van der Waals surface area contributed by atoms with Gasteiger partial charge in [0.15, 0.2) is 17.3 Å². The SMILES string of the molecule is C#Cc1c(F)ccc2cc(N)cc(-c3nc4c5c(nc(OCC67CCCN6CCC7)nc5c3F)N3CCN(Cc5oc(=O)oc5CC)CC3CCC4)c12.CC.CC. The van der Waals surface area contributed by atoms with Gasteiger partial charge in [0.25, 0.3) is 0 Å². The van der Waals surface area contributed by atoms with Crippen LogP contribution in [0.15, 0.2) is 37.9 Å². The molecule has 5 aromatic rings. The highest BCUT2D eigenvalue weighted by atomic mass is 19.1. The van der Waals surface area contributed by atoms with Crippen LogP contribution in [0, 0.1) is 24.0 Å². The molecule has 2 aromatic carbocycles. The number of ether oxygens (including phenoxy) is 1. The fraction of sp³-hybridized carbons (Fsp3) is 0.500. The third kappa shape index (κ3) is 7.34. The van der Waals surface area contributed by atoms with Crippen LogP contribution in [0.1, 0.15) is 95.9 Å². The number of piperazine rings is 1. The summed E-state index contributed by atoms with van der Waals surface area (Å²) in [7, 11) is 0. The number of aryl methyl sites for hydroxylation is 2. The third-order valence-electron chi connectivity index (χ3n) is 11.8. The molecule has 9 rings (SSSR count). The summed E-state index contributed by atoms with van der Waals surface area (Å²) in [5.41, 5.74) is 7.73. The number of rotatable bonds is 7. The van der Waals surface area contributed by atoms with E-state index in [9.17, 15) is 4.79 Å². The number of aromatic nitrogens is 3. The maximum Gasteiger partial charge on any atom is 0.519 e. The topological polar surface area (TPSA) is 127 Å². The monoisotopic (exact) mass is 781 g/mol. The van der Waals surface area contributed by atoms with Crippen LogP contribution in [0.25, 0.3) is 32.9 Å². The average Bonchev–Trinajstić information content (AvgIpc) is 3.92. The quantitative estimate of drug-likeness (QED) is 0.128. The van der Waals surface area contributed by atoms with E-state index < -0.39 is 17.5 Å². The number of halogens is 2. The predicted molar refractivity (Wildman–Crippen MR) is 219 cm³/mol. The molecule has 13 heteroatoms. The molecule has 3 saturated heterocycles. The van der Waals surface area contributed by atoms with Crippen LogP contribution in [-0.4, -0.2) is 75.7 Å². The van der Waals surface area contributed by atoms with E-state index >= 15 is 8.78 Å². The van der Waals surface area contributed by atoms with E-state index in [0.29, 0.717) is 96.1 Å². The highest BCUT2D eigenvalue weighted by Gasteiger charge is 2.45. The van der Waals surface area contributed by atoms with E-state index in [-0.39, 0.29) is 34.4 Å². The van der Waals surface area contributed by atoms with Crippen molar-refractivity contribution in [2.75, 3.05) is 50.0 Å². The molecule has 3 aromatic heterocycles. The summed E-state index contributed by atoms with van der Waals surface area (Å²) in [5, 5.41) is 1.50. The molecule has 0 spiro atoms. The predicted octanol–water partition coefficient (Wildman–Crippen LogP) is 7.88. The molecule has 2 N–H and O–H groups in total. The number of benzene rings is 2. The van der Waals surface area contributed by atoms with Crippen LogP contribution < -0.4 is 21.2 Å². The lowest BCUT2D eigenvalue weighted by Crippen LogP contribution is -2.53. The van der Waals surface area contributed by atoms with E-state index in [0.717, 1.165) is 51.6 Å². The van der Waals surface area contributed by atoms with E-state index in [1.165, 1.54) is 6.07 Å². The lowest BCUT2D eigenvalue weighted by atomic mass is 9.94. The second-order valence-corrected chi connectivity index (χ2v) is 14.8. The molecule has 57 heavy (non-hydrogen) atoms. The minimum Gasteiger partial charge on any atom is -0.461 e. The number of hydrogen-bond donors (Lipinski definition) is 1. The summed E-state index contributed by atoms with van der Waals surface area (Å²) in [6.45, 7) is 14.8. The second kappa shape index (κ2) is 16.8. The molecule has 7 heterocycles. The van der Waals surface area contributed by atoms with Gasteiger partial charge in [-0.25, -0.2) is 18.6 Å². The van der Waals surface area contributed by atoms with Gasteiger partial charge in [-0.1, -0.05) is 46.6 Å². The smallest absolute Gasteiger partial charge is 0.461 e. The Morgan fingerprint density at radius 2 is 1.74 bits per heavy atom. The lowest BCUT2D eigenvalue weighted by molar-refractivity contribution is 0.107. The van der Waals surface area contributed by atoms with Crippen LogP contribution in [-0.2, 0) is 19.4 Å². The highest BCUT2D eigenvalue weighted by Crippen LogP contribution is 2.43. The summed E-state index contributed by atoms with van der Waals surface area (Å²) in [4.78, 5) is 33.7. The molecule has 1 unspecified atom stereocenters. The Labute approximate surface area is 332 Å². The first kappa shape index (κ1) is 40.1. The zero-order valence-electron chi connectivity index (χ0n) is 33.7. The van der Waals surface area contributed by atoms with Crippen LogP contribution in [0.4, 0.5) is 20.3 Å². The maximum absolute atomic E-state index is 17.4. The number of nitrogens with two attached hydrogens (primary N) is 1. The Hall–Kier alpha value is -5.06. The maximum atomic E-state index is 17.4. The van der Waals surface area contributed by atoms with Crippen molar-refractivity contribution in [3.05, 3.63) is 69.3 Å². The molecule has 4 aliphatic rings. The van der Waals surface area contributed by atoms with Crippen molar-refractivity contribution in [2.24, 2.45) is 0 Å². The lowest BCUT2D eigenvalue weighted by Gasteiger charge is -2.43. The highest BCUT2D eigenvalue weighted by molar-refractivity contribution is 6.04. The summed E-state index contributed by atoms with van der Waals surface area (Å²) >= 11 is 0. The van der Waals surface area contributed by atoms with E-state index in [1.54, 1.807) is 18.2 Å². The first-order chi connectivity index (χ1) is 27.7. The van der Waals surface area contributed by atoms with Crippen molar-refractivity contribution >= 4 is 33.2 Å². The summed E-state index contributed by atoms with van der Waals surface area (Å²) in [6, 6.07) is 6.33. The fourth-order valence-electron chi connectivity index (χ4n) is 9.31. The molecule has 1 atom stereocenters. The molecule has 0 radical (unpaired) electrons. The Morgan fingerprint density at radius 3 is 2.47 bits per heavy atom. The number of nitrogen functional groups attached to an aromatic ring is 1. The van der Waals surface area contributed by atoms with Crippen LogP contribution in [0.3, 0.4) is 0 Å². The van der Waals surface area contributed by atoms with Gasteiger partial charge in [-0.3, -0.25) is 9.80 Å². The van der Waals surface area contributed by atoms with Crippen molar-refractivity contribution in [1.82, 2.24) is 24.8 Å². The van der Waals surface area contributed by atoms with Crippen LogP contribution in [0.5, 0.6) is 6.01 Å². The average molecular weight is 782 g/mol. The molecule has 302 valence electrons. The number of anilines is 2. The van der Waals surface area contributed by atoms with Gasteiger partial charge in [-0.2, -0.15) is 9.97 Å².